The lowest BCUT2D eigenvalue weighted by molar-refractivity contribution is 0.133. The maximum atomic E-state index is 8.72. The molecule has 0 spiro atoms. The van der Waals surface area contributed by atoms with Gasteiger partial charge in [-0.25, -0.2) is 0 Å². The van der Waals surface area contributed by atoms with Crippen LogP contribution < -0.4 is 5.73 Å². The summed E-state index contributed by atoms with van der Waals surface area (Å²) in [4.78, 5) is 4.99. The molecule has 18 heavy (non-hydrogen) atoms. The average Bonchev–Trinajstić information content (AvgIpc) is 2.38. The number of piperazine rings is 1. The molecule has 0 saturated carbocycles. The Labute approximate surface area is 111 Å². The molecule has 0 aromatic heterocycles. The van der Waals surface area contributed by atoms with Gasteiger partial charge in [0, 0.05) is 31.6 Å². The molecule has 1 fully saturated rings. The van der Waals surface area contributed by atoms with Crippen LogP contribution in [-0.2, 0) is 0 Å². The van der Waals surface area contributed by atoms with E-state index in [9.17, 15) is 0 Å². The topological polar surface area (TPSA) is 65.1 Å². The highest BCUT2D eigenvalue weighted by molar-refractivity contribution is 5.85. The van der Waals surface area contributed by atoms with Gasteiger partial charge in [0.1, 0.15) is 5.84 Å². The number of likely N-dealkylation sites (N-methyl/N-ethyl adjacent to an activating group) is 1. The van der Waals surface area contributed by atoms with Crippen LogP contribution >= 0.6 is 0 Å². The molecule has 1 rings (SSSR count). The minimum atomic E-state index is -0.208. The van der Waals surface area contributed by atoms with Gasteiger partial charge in [-0.1, -0.05) is 25.9 Å². The highest BCUT2D eigenvalue weighted by Crippen LogP contribution is 2.22. The molecule has 0 atom stereocenters. The van der Waals surface area contributed by atoms with Gasteiger partial charge in [-0.05, 0) is 25.9 Å². The van der Waals surface area contributed by atoms with E-state index in [1.807, 2.05) is 13.8 Å². The van der Waals surface area contributed by atoms with Crippen LogP contribution in [0.15, 0.2) is 5.16 Å². The van der Waals surface area contributed by atoms with E-state index >= 15 is 0 Å². The van der Waals surface area contributed by atoms with Crippen molar-refractivity contribution in [2.45, 2.75) is 33.6 Å². The third-order valence-electron chi connectivity index (χ3n) is 3.99. The van der Waals surface area contributed by atoms with Gasteiger partial charge in [0.2, 0.25) is 0 Å². The molecule has 5 heteroatoms. The van der Waals surface area contributed by atoms with E-state index in [2.05, 4.69) is 21.9 Å². The maximum absolute atomic E-state index is 8.72. The predicted octanol–water partition coefficient (Wildman–Crippen LogP) is 1.18. The van der Waals surface area contributed by atoms with Crippen LogP contribution in [0.5, 0.6) is 0 Å². The van der Waals surface area contributed by atoms with Gasteiger partial charge in [-0.2, -0.15) is 0 Å². The van der Waals surface area contributed by atoms with Crippen molar-refractivity contribution in [2.24, 2.45) is 16.3 Å². The third kappa shape index (κ3) is 4.46. The van der Waals surface area contributed by atoms with Crippen LogP contribution in [0, 0.1) is 5.41 Å². The summed E-state index contributed by atoms with van der Waals surface area (Å²) < 4.78 is 0. The Morgan fingerprint density at radius 3 is 2.28 bits per heavy atom. The minimum Gasteiger partial charge on any atom is -0.409 e. The van der Waals surface area contributed by atoms with Crippen molar-refractivity contribution in [1.29, 1.82) is 0 Å². The molecule has 0 amide bonds. The Morgan fingerprint density at radius 2 is 1.78 bits per heavy atom. The number of hydrogen-bond donors (Lipinski definition) is 2. The van der Waals surface area contributed by atoms with Gasteiger partial charge in [0.25, 0.3) is 0 Å². The van der Waals surface area contributed by atoms with Crippen LogP contribution in [-0.4, -0.2) is 60.1 Å². The SMILES string of the molecule is CCN1CCN(CCCC(C)(C)C(N)=NO)CC1. The molecule has 0 unspecified atom stereocenters. The second-order valence-corrected chi connectivity index (χ2v) is 5.75. The zero-order chi connectivity index (χ0) is 13.6. The number of nitrogens with zero attached hydrogens (tertiary/aromatic N) is 3. The van der Waals surface area contributed by atoms with Gasteiger partial charge in [-0.15, -0.1) is 0 Å². The van der Waals surface area contributed by atoms with Gasteiger partial charge >= 0.3 is 0 Å². The first-order valence-electron chi connectivity index (χ1n) is 6.92. The van der Waals surface area contributed by atoms with E-state index in [-0.39, 0.29) is 5.41 Å². The summed E-state index contributed by atoms with van der Waals surface area (Å²) in [5.41, 5.74) is 5.48. The van der Waals surface area contributed by atoms with Crippen LogP contribution in [0.3, 0.4) is 0 Å². The van der Waals surface area contributed by atoms with E-state index in [1.165, 1.54) is 13.1 Å². The monoisotopic (exact) mass is 256 g/mol. The van der Waals surface area contributed by atoms with Crippen LogP contribution in [0.2, 0.25) is 0 Å². The maximum Gasteiger partial charge on any atom is 0.144 e. The molecule has 3 N–H and O–H groups in total. The zero-order valence-corrected chi connectivity index (χ0v) is 12.0. The Bertz CT molecular complexity index is 270. The first-order valence-corrected chi connectivity index (χ1v) is 6.92. The zero-order valence-electron chi connectivity index (χ0n) is 12.0. The lowest BCUT2D eigenvalue weighted by atomic mass is 9.86. The van der Waals surface area contributed by atoms with Crippen molar-refractivity contribution in [2.75, 3.05) is 39.3 Å². The van der Waals surface area contributed by atoms with Crippen LogP contribution in [0.25, 0.3) is 0 Å². The molecule has 106 valence electrons. The van der Waals surface area contributed by atoms with E-state index in [0.29, 0.717) is 5.84 Å². The fourth-order valence-electron chi connectivity index (χ4n) is 2.34. The molecule has 0 radical (unpaired) electrons. The number of hydrogen-bond acceptors (Lipinski definition) is 4. The van der Waals surface area contributed by atoms with E-state index in [1.54, 1.807) is 0 Å². The largest absolute Gasteiger partial charge is 0.409 e. The summed E-state index contributed by atoms with van der Waals surface area (Å²) in [5, 5.41) is 11.8. The van der Waals surface area contributed by atoms with Crippen molar-refractivity contribution in [3.63, 3.8) is 0 Å². The summed E-state index contributed by atoms with van der Waals surface area (Å²) in [7, 11) is 0. The molecule has 1 heterocycles. The van der Waals surface area contributed by atoms with E-state index < -0.39 is 0 Å². The standard InChI is InChI=1S/C13H28N4O/c1-4-16-8-10-17(11-9-16)7-5-6-13(2,3)12(14)15-18/h18H,4-11H2,1-3H3,(H2,14,15). The van der Waals surface area contributed by atoms with Crippen molar-refractivity contribution in [3.05, 3.63) is 0 Å². The first-order chi connectivity index (χ1) is 8.49. The van der Waals surface area contributed by atoms with Crippen molar-refractivity contribution in [3.8, 4) is 0 Å². The molecule has 0 aromatic carbocycles. The second-order valence-electron chi connectivity index (χ2n) is 5.75. The number of nitrogens with two attached hydrogens (primary N) is 1. The van der Waals surface area contributed by atoms with Gasteiger partial charge in [-0.3, -0.25) is 0 Å². The van der Waals surface area contributed by atoms with E-state index in [0.717, 1.165) is 39.0 Å². The highest BCUT2D eigenvalue weighted by Gasteiger charge is 2.23. The molecule has 0 bridgehead atoms. The molecule has 0 aliphatic carbocycles. The van der Waals surface area contributed by atoms with Crippen molar-refractivity contribution in [1.82, 2.24) is 9.80 Å². The third-order valence-corrected chi connectivity index (χ3v) is 3.99. The Hall–Kier alpha value is -0.810. The number of rotatable bonds is 6. The summed E-state index contributed by atoms with van der Waals surface area (Å²) in [6.45, 7) is 13.2. The average molecular weight is 256 g/mol. The summed E-state index contributed by atoms with van der Waals surface area (Å²) in [6, 6.07) is 0. The molecule has 0 aromatic rings. The molecular weight excluding hydrogens is 228 g/mol. The Balaban J connectivity index is 2.23. The summed E-state index contributed by atoms with van der Waals surface area (Å²) in [6.07, 6.45) is 2.05. The Kier molecular flexibility index (Phi) is 5.88. The molecular formula is C13H28N4O. The highest BCUT2D eigenvalue weighted by atomic mass is 16.4. The summed E-state index contributed by atoms with van der Waals surface area (Å²) >= 11 is 0. The fourth-order valence-corrected chi connectivity index (χ4v) is 2.34. The minimum absolute atomic E-state index is 0.208. The van der Waals surface area contributed by atoms with Gasteiger partial charge < -0.3 is 20.7 Å². The van der Waals surface area contributed by atoms with Crippen molar-refractivity contribution >= 4 is 5.84 Å². The molecule has 1 saturated heterocycles. The van der Waals surface area contributed by atoms with E-state index in [4.69, 9.17) is 10.9 Å². The molecule has 1 aliphatic heterocycles. The predicted molar refractivity (Wildman–Crippen MR) is 75.0 cm³/mol. The van der Waals surface area contributed by atoms with Crippen LogP contribution in [0.4, 0.5) is 0 Å². The number of oxime groups is 1. The summed E-state index contributed by atoms with van der Waals surface area (Å²) in [5.74, 6) is 0.332. The van der Waals surface area contributed by atoms with Gasteiger partial charge in [0.05, 0.1) is 0 Å². The fraction of sp³-hybridized carbons (Fsp3) is 0.923. The first kappa shape index (κ1) is 15.2. The normalized spacial score (nSPS) is 20.3. The second kappa shape index (κ2) is 6.95. The Morgan fingerprint density at radius 1 is 1.22 bits per heavy atom. The quantitative estimate of drug-likeness (QED) is 0.324. The smallest absolute Gasteiger partial charge is 0.144 e. The van der Waals surface area contributed by atoms with Crippen molar-refractivity contribution < 1.29 is 5.21 Å². The number of amidine groups is 1. The van der Waals surface area contributed by atoms with Gasteiger partial charge in [0.15, 0.2) is 0 Å². The molecule has 5 nitrogen and oxygen atoms in total. The lowest BCUT2D eigenvalue weighted by Crippen LogP contribution is -2.46. The lowest BCUT2D eigenvalue weighted by Gasteiger charge is -2.34. The molecule has 1 aliphatic rings. The van der Waals surface area contributed by atoms with Crippen LogP contribution in [0.1, 0.15) is 33.6 Å².